The van der Waals surface area contributed by atoms with Crippen molar-refractivity contribution in [2.45, 2.75) is 13.2 Å². The monoisotopic (exact) mass is 502 g/mol. The lowest BCUT2D eigenvalue weighted by Crippen LogP contribution is -2.19. The number of hydrogen-bond donors (Lipinski definition) is 2. The molecule has 2 aliphatic rings. The van der Waals surface area contributed by atoms with Gasteiger partial charge in [0.05, 0.1) is 13.1 Å². The second-order valence-corrected chi connectivity index (χ2v) is 9.34. The highest BCUT2D eigenvalue weighted by Crippen LogP contribution is 2.25. The van der Waals surface area contributed by atoms with Crippen molar-refractivity contribution in [2.75, 3.05) is 26.2 Å². The Morgan fingerprint density at radius 1 is 0.526 bits per heavy atom. The molecule has 0 saturated carbocycles. The van der Waals surface area contributed by atoms with Gasteiger partial charge in [-0.05, 0) is 58.7 Å². The van der Waals surface area contributed by atoms with Crippen LogP contribution in [0.4, 0.5) is 0 Å². The molecule has 0 bridgehead atoms. The molecule has 2 aliphatic heterocycles. The van der Waals surface area contributed by atoms with Crippen LogP contribution >= 0.6 is 0 Å². The summed E-state index contributed by atoms with van der Waals surface area (Å²) in [4.78, 5) is 9.00. The third-order valence-electron chi connectivity index (χ3n) is 6.60. The van der Waals surface area contributed by atoms with Crippen LogP contribution < -0.4 is 20.1 Å². The number of benzene rings is 4. The van der Waals surface area contributed by atoms with Gasteiger partial charge in [0.25, 0.3) is 0 Å². The molecule has 0 saturated heterocycles. The van der Waals surface area contributed by atoms with E-state index in [0.29, 0.717) is 13.2 Å². The van der Waals surface area contributed by atoms with Crippen LogP contribution in [0.5, 0.6) is 11.5 Å². The fourth-order valence-corrected chi connectivity index (χ4v) is 4.62. The zero-order chi connectivity index (χ0) is 25.6. The summed E-state index contributed by atoms with van der Waals surface area (Å²) in [7, 11) is 0. The Bertz CT molecular complexity index is 1350. The third-order valence-corrected chi connectivity index (χ3v) is 6.60. The molecule has 0 atom stereocenters. The topological polar surface area (TPSA) is 67.2 Å². The van der Waals surface area contributed by atoms with Crippen LogP contribution in [0.1, 0.15) is 22.3 Å². The Morgan fingerprint density at radius 2 is 0.974 bits per heavy atom. The fraction of sp³-hybridized carbons (Fsp3) is 0.188. The summed E-state index contributed by atoms with van der Waals surface area (Å²) in [5, 5.41) is 6.64. The average molecular weight is 503 g/mol. The van der Waals surface area contributed by atoms with E-state index in [1.54, 1.807) is 0 Å². The first-order valence-electron chi connectivity index (χ1n) is 13.0. The number of rotatable bonds is 9. The summed E-state index contributed by atoms with van der Waals surface area (Å²) >= 11 is 0. The summed E-state index contributed by atoms with van der Waals surface area (Å²) in [6, 6.07) is 33.1. The van der Waals surface area contributed by atoms with Crippen LogP contribution in [-0.2, 0) is 13.2 Å². The predicted molar refractivity (Wildman–Crippen MR) is 152 cm³/mol. The van der Waals surface area contributed by atoms with Gasteiger partial charge in [-0.2, -0.15) is 0 Å². The maximum Gasteiger partial charge on any atom is 0.128 e. The van der Waals surface area contributed by atoms with Gasteiger partial charge in [0.15, 0.2) is 0 Å². The van der Waals surface area contributed by atoms with E-state index in [1.807, 2.05) is 36.4 Å². The van der Waals surface area contributed by atoms with Gasteiger partial charge in [-0.15, -0.1) is 0 Å². The minimum absolute atomic E-state index is 0.514. The molecule has 0 radical (unpaired) electrons. The lowest BCUT2D eigenvalue weighted by atomic mass is 10.1. The van der Waals surface area contributed by atoms with E-state index in [1.165, 1.54) is 0 Å². The summed E-state index contributed by atoms with van der Waals surface area (Å²) in [6.45, 7) is 4.51. The van der Waals surface area contributed by atoms with Gasteiger partial charge in [0.2, 0.25) is 0 Å². The van der Waals surface area contributed by atoms with E-state index in [-0.39, 0.29) is 0 Å². The molecular weight excluding hydrogens is 472 g/mol. The summed E-state index contributed by atoms with van der Waals surface area (Å²) in [6.07, 6.45) is 0. The first kappa shape index (κ1) is 23.8. The Kier molecular flexibility index (Phi) is 7.02. The van der Waals surface area contributed by atoms with Gasteiger partial charge < -0.3 is 20.1 Å². The van der Waals surface area contributed by atoms with Crippen molar-refractivity contribution in [3.05, 3.63) is 119 Å². The standard InChI is InChI=1S/C32H30N4O2/c1-3-23(19-27(5-1)31-33-15-16-34-31)21-37-29-11-7-25(8-12-29)26-9-13-30(14-10-26)38-22-24-4-2-6-28(20-24)32-35-17-18-36-32/h1-14,19-20H,15-18,21-22H2,(H,33,34)(H,35,36). The summed E-state index contributed by atoms with van der Waals surface area (Å²) in [5.74, 6) is 3.62. The van der Waals surface area contributed by atoms with Crippen molar-refractivity contribution in [1.29, 1.82) is 0 Å². The second kappa shape index (κ2) is 11.2. The number of aliphatic imine (C=N–C) groups is 2. The maximum absolute atomic E-state index is 6.04. The van der Waals surface area contributed by atoms with Crippen molar-refractivity contribution in [2.24, 2.45) is 9.98 Å². The highest BCUT2D eigenvalue weighted by molar-refractivity contribution is 6.00. The molecule has 0 amide bonds. The number of ether oxygens (including phenoxy) is 2. The van der Waals surface area contributed by atoms with Crippen LogP contribution in [0, 0.1) is 0 Å². The predicted octanol–water partition coefficient (Wildman–Crippen LogP) is 5.21. The Balaban J connectivity index is 1.03. The molecule has 2 N–H and O–H groups in total. The maximum atomic E-state index is 6.04. The third kappa shape index (κ3) is 5.70. The smallest absolute Gasteiger partial charge is 0.128 e. The highest BCUT2D eigenvalue weighted by Gasteiger charge is 2.10. The van der Waals surface area contributed by atoms with Crippen LogP contribution in [0.3, 0.4) is 0 Å². The molecule has 0 fully saturated rings. The van der Waals surface area contributed by atoms with Gasteiger partial charge >= 0.3 is 0 Å². The van der Waals surface area contributed by atoms with Gasteiger partial charge in [-0.3, -0.25) is 9.98 Å². The number of nitrogens with one attached hydrogen (secondary N) is 2. The second-order valence-electron chi connectivity index (χ2n) is 9.34. The number of hydrogen-bond acceptors (Lipinski definition) is 6. The molecule has 2 heterocycles. The molecular formula is C32H30N4O2. The zero-order valence-electron chi connectivity index (χ0n) is 21.2. The molecule has 38 heavy (non-hydrogen) atoms. The van der Waals surface area contributed by atoms with Gasteiger partial charge in [-0.1, -0.05) is 60.7 Å². The van der Waals surface area contributed by atoms with E-state index in [4.69, 9.17) is 9.47 Å². The molecule has 0 aromatic heterocycles. The molecule has 0 spiro atoms. The molecule has 4 aromatic carbocycles. The summed E-state index contributed by atoms with van der Waals surface area (Å²) in [5.41, 5.74) is 6.72. The lowest BCUT2D eigenvalue weighted by molar-refractivity contribution is 0.306. The highest BCUT2D eigenvalue weighted by atomic mass is 16.5. The van der Waals surface area contributed by atoms with Crippen molar-refractivity contribution >= 4 is 11.7 Å². The average Bonchev–Trinajstić information content (AvgIpc) is 3.72. The number of nitrogens with zero attached hydrogens (tertiary/aromatic N) is 2. The Morgan fingerprint density at radius 3 is 1.37 bits per heavy atom. The van der Waals surface area contributed by atoms with E-state index >= 15 is 0 Å². The number of amidine groups is 2. The van der Waals surface area contributed by atoms with Crippen LogP contribution in [0.15, 0.2) is 107 Å². The van der Waals surface area contributed by atoms with Crippen molar-refractivity contribution in [3.63, 3.8) is 0 Å². The minimum atomic E-state index is 0.514. The van der Waals surface area contributed by atoms with Gasteiger partial charge in [0, 0.05) is 24.2 Å². The Hall–Kier alpha value is -4.58. The first-order chi connectivity index (χ1) is 18.8. The normalized spacial score (nSPS) is 14.3. The van der Waals surface area contributed by atoms with Gasteiger partial charge in [0.1, 0.15) is 36.4 Å². The molecule has 4 aromatic rings. The molecule has 6 nitrogen and oxygen atoms in total. The van der Waals surface area contributed by atoms with E-state index in [2.05, 4.69) is 81.3 Å². The molecule has 190 valence electrons. The van der Waals surface area contributed by atoms with E-state index in [9.17, 15) is 0 Å². The van der Waals surface area contributed by atoms with Crippen LogP contribution in [0.2, 0.25) is 0 Å². The van der Waals surface area contributed by atoms with Crippen molar-refractivity contribution in [3.8, 4) is 22.6 Å². The summed E-state index contributed by atoms with van der Waals surface area (Å²) < 4.78 is 12.1. The van der Waals surface area contributed by atoms with Crippen LogP contribution in [-0.4, -0.2) is 37.9 Å². The SMILES string of the molecule is c1cc(COc2ccc(-c3ccc(OCc4cccc(C5=NCCN5)c4)cc3)cc2)cc(C2=NCCN2)c1. The minimum Gasteiger partial charge on any atom is -0.489 e. The zero-order valence-corrected chi connectivity index (χ0v) is 21.2. The first-order valence-corrected chi connectivity index (χ1v) is 13.0. The molecule has 6 heteroatoms. The van der Waals surface area contributed by atoms with E-state index in [0.717, 1.165) is 82.7 Å². The molecule has 0 aliphatic carbocycles. The van der Waals surface area contributed by atoms with Crippen molar-refractivity contribution in [1.82, 2.24) is 10.6 Å². The lowest BCUT2D eigenvalue weighted by Gasteiger charge is -2.10. The largest absolute Gasteiger partial charge is 0.489 e. The van der Waals surface area contributed by atoms with Crippen LogP contribution in [0.25, 0.3) is 11.1 Å². The van der Waals surface area contributed by atoms with Crippen molar-refractivity contribution < 1.29 is 9.47 Å². The fourth-order valence-electron chi connectivity index (χ4n) is 4.62. The molecule has 6 rings (SSSR count). The van der Waals surface area contributed by atoms with Gasteiger partial charge in [-0.25, -0.2) is 0 Å². The molecule has 0 unspecified atom stereocenters. The Labute approximate surface area is 223 Å². The van der Waals surface area contributed by atoms with E-state index < -0.39 is 0 Å². The quantitative estimate of drug-likeness (QED) is 0.330.